The predicted molar refractivity (Wildman–Crippen MR) is 81.9 cm³/mol. The van der Waals surface area contributed by atoms with Crippen molar-refractivity contribution in [3.8, 4) is 5.75 Å². The Labute approximate surface area is 127 Å². The topological polar surface area (TPSA) is 47.3 Å². The molecule has 0 bridgehead atoms. The van der Waals surface area contributed by atoms with E-state index >= 15 is 0 Å². The zero-order chi connectivity index (χ0) is 14.7. The highest BCUT2D eigenvalue weighted by Gasteiger charge is 2.16. The quantitative estimate of drug-likeness (QED) is 0.910. The summed E-state index contributed by atoms with van der Waals surface area (Å²) in [7, 11) is 1.89. The average Bonchev–Trinajstić information content (AvgIpc) is 2.66. The van der Waals surface area contributed by atoms with E-state index in [-0.39, 0.29) is 0 Å². The maximum atomic E-state index is 10.4. The first-order chi connectivity index (χ1) is 9.52. The van der Waals surface area contributed by atoms with Crippen LogP contribution in [-0.4, -0.2) is 21.5 Å². The fraction of sp³-hybridized carbons (Fsp3) is 0.400. The molecule has 0 aliphatic carbocycles. The summed E-state index contributed by atoms with van der Waals surface area (Å²) in [5.41, 5.74) is 2.80. The molecule has 20 heavy (non-hydrogen) atoms. The Morgan fingerprint density at radius 1 is 1.35 bits per heavy atom. The van der Waals surface area contributed by atoms with E-state index in [0.29, 0.717) is 13.0 Å². The molecule has 0 aliphatic heterocycles. The number of aliphatic hydroxyl groups is 1. The van der Waals surface area contributed by atoms with Crippen molar-refractivity contribution in [3.05, 3.63) is 45.7 Å². The minimum Gasteiger partial charge on any atom is -0.494 e. The fourth-order valence-electron chi connectivity index (χ4n) is 2.16. The highest BCUT2D eigenvalue weighted by Crippen LogP contribution is 2.26. The molecular weight excluding hydrogens is 320 g/mol. The Balaban J connectivity index is 2.13. The van der Waals surface area contributed by atoms with Crippen molar-refractivity contribution in [3.63, 3.8) is 0 Å². The molecule has 1 unspecified atom stereocenters. The minimum atomic E-state index is -0.559. The number of hydrogen-bond acceptors (Lipinski definition) is 3. The van der Waals surface area contributed by atoms with E-state index in [9.17, 15) is 5.11 Å². The molecule has 0 spiro atoms. The summed E-state index contributed by atoms with van der Waals surface area (Å²) in [5.74, 6) is 0.820. The van der Waals surface area contributed by atoms with Gasteiger partial charge in [-0.15, -0.1) is 0 Å². The second kappa shape index (κ2) is 6.41. The number of benzene rings is 1. The molecule has 0 fully saturated rings. The highest BCUT2D eigenvalue weighted by molar-refractivity contribution is 9.10. The summed E-state index contributed by atoms with van der Waals surface area (Å²) >= 11 is 3.52. The van der Waals surface area contributed by atoms with Crippen LogP contribution in [0.3, 0.4) is 0 Å². The molecule has 0 saturated heterocycles. The van der Waals surface area contributed by atoms with E-state index in [1.54, 1.807) is 4.68 Å². The van der Waals surface area contributed by atoms with Crippen LogP contribution in [0.2, 0.25) is 0 Å². The second-order valence-electron chi connectivity index (χ2n) is 4.69. The van der Waals surface area contributed by atoms with Crippen LogP contribution in [0, 0.1) is 6.92 Å². The molecule has 1 heterocycles. The zero-order valence-electron chi connectivity index (χ0n) is 11.9. The molecule has 4 nitrogen and oxygen atoms in total. The number of nitrogens with zero attached hydrogens (tertiary/aromatic N) is 2. The zero-order valence-corrected chi connectivity index (χ0v) is 13.5. The summed E-state index contributed by atoms with van der Waals surface area (Å²) in [6.45, 7) is 4.53. The lowest BCUT2D eigenvalue weighted by atomic mass is 10.0. The minimum absolute atomic E-state index is 0.520. The van der Waals surface area contributed by atoms with Gasteiger partial charge in [0.15, 0.2) is 0 Å². The van der Waals surface area contributed by atoms with Gasteiger partial charge in [0.25, 0.3) is 0 Å². The van der Waals surface area contributed by atoms with Crippen LogP contribution < -0.4 is 4.74 Å². The van der Waals surface area contributed by atoms with E-state index in [1.807, 2.05) is 45.2 Å². The average molecular weight is 339 g/mol. The first-order valence-electron chi connectivity index (χ1n) is 6.61. The van der Waals surface area contributed by atoms with Crippen molar-refractivity contribution >= 4 is 15.9 Å². The third kappa shape index (κ3) is 3.22. The van der Waals surface area contributed by atoms with Crippen LogP contribution in [0.15, 0.2) is 28.7 Å². The lowest BCUT2D eigenvalue weighted by Crippen LogP contribution is -2.07. The lowest BCUT2D eigenvalue weighted by Gasteiger charge is -2.12. The van der Waals surface area contributed by atoms with Crippen molar-refractivity contribution < 1.29 is 9.84 Å². The Hall–Kier alpha value is -1.33. The molecular formula is C15H19BrN2O2. The molecule has 2 aromatic rings. The highest BCUT2D eigenvalue weighted by atomic mass is 79.9. The molecule has 0 amide bonds. The third-order valence-corrected chi connectivity index (χ3v) is 4.26. The van der Waals surface area contributed by atoms with Gasteiger partial charge in [0, 0.05) is 13.5 Å². The van der Waals surface area contributed by atoms with Gasteiger partial charge in [0.05, 0.1) is 28.6 Å². The van der Waals surface area contributed by atoms with Crippen LogP contribution in [0.25, 0.3) is 0 Å². The normalized spacial score (nSPS) is 12.4. The summed E-state index contributed by atoms with van der Waals surface area (Å²) in [4.78, 5) is 0. The van der Waals surface area contributed by atoms with E-state index in [4.69, 9.17) is 4.74 Å². The van der Waals surface area contributed by atoms with Gasteiger partial charge < -0.3 is 9.84 Å². The second-order valence-corrected chi connectivity index (χ2v) is 5.48. The fourth-order valence-corrected chi connectivity index (χ4v) is 2.65. The standard InChI is InChI=1S/C15H19BrN2O2/c1-4-20-12-7-5-11(6-8-12)14(19)9-13-15(16)10(2)17-18(13)3/h5-8,14,19H,4,9H2,1-3H3. The van der Waals surface area contributed by atoms with Gasteiger partial charge in [-0.2, -0.15) is 5.10 Å². The van der Waals surface area contributed by atoms with E-state index in [0.717, 1.165) is 27.2 Å². The van der Waals surface area contributed by atoms with Gasteiger partial charge in [-0.05, 0) is 47.5 Å². The SMILES string of the molecule is CCOc1ccc(C(O)Cc2c(Br)c(C)nn2C)cc1. The van der Waals surface area contributed by atoms with Crippen LogP contribution in [0.1, 0.15) is 30.0 Å². The van der Waals surface area contributed by atoms with Gasteiger partial charge in [0.1, 0.15) is 5.75 Å². The Morgan fingerprint density at radius 2 is 2.00 bits per heavy atom. The van der Waals surface area contributed by atoms with Crippen LogP contribution >= 0.6 is 15.9 Å². The molecule has 1 aromatic heterocycles. The predicted octanol–water partition coefficient (Wildman–Crippen LogP) is 3.17. The maximum Gasteiger partial charge on any atom is 0.119 e. The van der Waals surface area contributed by atoms with E-state index < -0.39 is 6.10 Å². The van der Waals surface area contributed by atoms with Gasteiger partial charge in [-0.25, -0.2) is 0 Å². The van der Waals surface area contributed by atoms with Gasteiger partial charge in [-0.3, -0.25) is 4.68 Å². The molecule has 0 radical (unpaired) electrons. The van der Waals surface area contributed by atoms with Crippen molar-refractivity contribution in [1.29, 1.82) is 0 Å². The molecule has 1 aromatic carbocycles. The van der Waals surface area contributed by atoms with Gasteiger partial charge in [0.2, 0.25) is 0 Å². The maximum absolute atomic E-state index is 10.4. The van der Waals surface area contributed by atoms with E-state index in [1.165, 1.54) is 0 Å². The molecule has 108 valence electrons. The Morgan fingerprint density at radius 3 is 2.50 bits per heavy atom. The van der Waals surface area contributed by atoms with Crippen molar-refractivity contribution in [1.82, 2.24) is 9.78 Å². The number of ether oxygens (including phenoxy) is 1. The summed E-state index contributed by atoms with van der Waals surface area (Å²) in [5, 5.41) is 14.7. The first-order valence-corrected chi connectivity index (χ1v) is 7.41. The Bertz CT molecular complexity index is 578. The number of rotatable bonds is 5. The third-order valence-electron chi connectivity index (χ3n) is 3.22. The number of aromatic nitrogens is 2. The van der Waals surface area contributed by atoms with Crippen LogP contribution in [0.4, 0.5) is 0 Å². The monoisotopic (exact) mass is 338 g/mol. The summed E-state index contributed by atoms with van der Waals surface area (Å²) in [6.07, 6.45) is -0.0388. The number of hydrogen-bond donors (Lipinski definition) is 1. The first kappa shape index (κ1) is 15.1. The van der Waals surface area contributed by atoms with E-state index in [2.05, 4.69) is 21.0 Å². The number of aliphatic hydroxyl groups excluding tert-OH is 1. The number of aryl methyl sites for hydroxylation is 2. The van der Waals surface area contributed by atoms with Crippen LogP contribution in [0.5, 0.6) is 5.75 Å². The molecule has 2 rings (SSSR count). The smallest absolute Gasteiger partial charge is 0.119 e. The lowest BCUT2D eigenvalue weighted by molar-refractivity contribution is 0.175. The molecule has 1 N–H and O–H groups in total. The van der Waals surface area contributed by atoms with Crippen LogP contribution in [-0.2, 0) is 13.5 Å². The van der Waals surface area contributed by atoms with Crippen molar-refractivity contribution in [2.75, 3.05) is 6.61 Å². The van der Waals surface area contributed by atoms with Crippen molar-refractivity contribution in [2.45, 2.75) is 26.4 Å². The molecule has 0 saturated carbocycles. The van der Waals surface area contributed by atoms with Gasteiger partial charge in [-0.1, -0.05) is 12.1 Å². The Kier molecular flexibility index (Phi) is 4.83. The number of halogens is 1. The van der Waals surface area contributed by atoms with Crippen molar-refractivity contribution in [2.24, 2.45) is 7.05 Å². The largest absolute Gasteiger partial charge is 0.494 e. The molecule has 1 atom stereocenters. The summed E-state index contributed by atoms with van der Waals surface area (Å²) in [6, 6.07) is 7.55. The molecule has 5 heteroatoms. The summed E-state index contributed by atoms with van der Waals surface area (Å²) < 4.78 is 8.16. The molecule has 0 aliphatic rings. The van der Waals surface area contributed by atoms with Gasteiger partial charge >= 0.3 is 0 Å².